The van der Waals surface area contributed by atoms with E-state index in [4.69, 9.17) is 16.3 Å². The van der Waals surface area contributed by atoms with Gasteiger partial charge in [0.2, 0.25) is 0 Å². The van der Waals surface area contributed by atoms with E-state index in [1.807, 2.05) is 0 Å². The molecule has 1 aromatic rings. The Hall–Kier alpha value is -1.26. The minimum absolute atomic E-state index is 0.138. The van der Waals surface area contributed by atoms with E-state index in [0.29, 0.717) is 16.3 Å². The average Bonchev–Trinajstić information content (AvgIpc) is 2.29. The van der Waals surface area contributed by atoms with Gasteiger partial charge in [-0.25, -0.2) is 0 Å². The van der Waals surface area contributed by atoms with E-state index in [-0.39, 0.29) is 5.91 Å². The normalized spacial score (nSPS) is 13.9. The van der Waals surface area contributed by atoms with Gasteiger partial charge in [-0.1, -0.05) is 11.6 Å². The number of carbonyl (C=O) groups is 1. The molecule has 0 aliphatic carbocycles. The van der Waals surface area contributed by atoms with E-state index in [9.17, 15) is 9.90 Å². The van der Waals surface area contributed by atoms with Gasteiger partial charge in [0.15, 0.2) is 6.10 Å². The van der Waals surface area contributed by atoms with Gasteiger partial charge in [-0.3, -0.25) is 4.79 Å². The SMILES string of the molecule is CC(Oc1ccc(Cl)cc1[C@H](C)O)C(=O)N(C)C. The van der Waals surface area contributed by atoms with Crippen LogP contribution in [0.1, 0.15) is 25.5 Å². The van der Waals surface area contributed by atoms with Crippen molar-refractivity contribution in [3.05, 3.63) is 28.8 Å². The van der Waals surface area contributed by atoms with Crippen LogP contribution in [0.4, 0.5) is 0 Å². The molecule has 5 heteroatoms. The Morgan fingerprint density at radius 1 is 1.39 bits per heavy atom. The van der Waals surface area contributed by atoms with E-state index in [2.05, 4.69) is 0 Å². The first-order chi connectivity index (χ1) is 8.32. The molecule has 0 aliphatic heterocycles. The lowest BCUT2D eigenvalue weighted by Gasteiger charge is -2.20. The Morgan fingerprint density at radius 3 is 2.50 bits per heavy atom. The second-order valence-electron chi connectivity index (χ2n) is 4.35. The Balaban J connectivity index is 2.94. The van der Waals surface area contributed by atoms with Crippen molar-refractivity contribution in [2.45, 2.75) is 26.1 Å². The van der Waals surface area contributed by atoms with Crippen LogP contribution < -0.4 is 4.74 Å². The third-order valence-electron chi connectivity index (χ3n) is 2.51. The summed E-state index contributed by atoms with van der Waals surface area (Å²) in [6.07, 6.45) is -1.32. The molecule has 0 saturated heterocycles. The standard InChI is InChI=1S/C13H18ClNO3/c1-8(16)11-7-10(14)5-6-12(11)18-9(2)13(17)15(3)4/h5-9,16H,1-4H3/t8-,9?/m0/s1. The fourth-order valence-electron chi connectivity index (χ4n) is 1.56. The lowest BCUT2D eigenvalue weighted by Crippen LogP contribution is -2.35. The first-order valence-corrected chi connectivity index (χ1v) is 6.06. The van der Waals surface area contributed by atoms with E-state index in [1.54, 1.807) is 46.1 Å². The number of rotatable bonds is 4. The summed E-state index contributed by atoms with van der Waals surface area (Å²) in [6.45, 7) is 3.29. The van der Waals surface area contributed by atoms with Crippen LogP contribution in [0.15, 0.2) is 18.2 Å². The Bertz CT molecular complexity index is 432. The summed E-state index contributed by atoms with van der Waals surface area (Å²) >= 11 is 5.87. The van der Waals surface area contributed by atoms with Gasteiger partial charge in [0, 0.05) is 24.7 Å². The van der Waals surface area contributed by atoms with Crippen molar-refractivity contribution in [1.29, 1.82) is 0 Å². The van der Waals surface area contributed by atoms with Crippen molar-refractivity contribution in [3.63, 3.8) is 0 Å². The van der Waals surface area contributed by atoms with E-state index < -0.39 is 12.2 Å². The molecule has 0 aromatic heterocycles. The molecule has 18 heavy (non-hydrogen) atoms. The molecular weight excluding hydrogens is 254 g/mol. The third kappa shape index (κ3) is 3.62. The highest BCUT2D eigenvalue weighted by atomic mass is 35.5. The lowest BCUT2D eigenvalue weighted by molar-refractivity contribution is -0.135. The maximum Gasteiger partial charge on any atom is 0.262 e. The molecule has 1 N–H and O–H groups in total. The van der Waals surface area contributed by atoms with Crippen LogP contribution in [0.2, 0.25) is 5.02 Å². The summed E-state index contributed by atoms with van der Waals surface area (Å²) < 4.78 is 5.58. The third-order valence-corrected chi connectivity index (χ3v) is 2.75. The lowest BCUT2D eigenvalue weighted by atomic mass is 10.1. The minimum Gasteiger partial charge on any atom is -0.481 e. The van der Waals surface area contributed by atoms with Crippen molar-refractivity contribution < 1.29 is 14.6 Å². The van der Waals surface area contributed by atoms with Gasteiger partial charge in [-0.15, -0.1) is 0 Å². The topological polar surface area (TPSA) is 49.8 Å². The van der Waals surface area contributed by atoms with Crippen LogP contribution in [-0.4, -0.2) is 36.1 Å². The number of hydrogen-bond donors (Lipinski definition) is 1. The number of ether oxygens (including phenoxy) is 1. The molecule has 2 atom stereocenters. The second-order valence-corrected chi connectivity index (χ2v) is 4.79. The summed E-state index contributed by atoms with van der Waals surface area (Å²) in [5.74, 6) is 0.332. The zero-order valence-corrected chi connectivity index (χ0v) is 11.7. The summed E-state index contributed by atoms with van der Waals surface area (Å²) in [4.78, 5) is 13.2. The number of aliphatic hydroxyl groups is 1. The number of halogens is 1. The van der Waals surface area contributed by atoms with Gasteiger partial charge in [0.1, 0.15) is 5.75 Å². The number of nitrogens with zero attached hydrogens (tertiary/aromatic N) is 1. The molecule has 4 nitrogen and oxygen atoms in total. The molecular formula is C13H18ClNO3. The second kappa shape index (κ2) is 6.07. The fraction of sp³-hybridized carbons (Fsp3) is 0.462. The summed E-state index contributed by atoms with van der Waals surface area (Å²) in [6, 6.07) is 4.95. The van der Waals surface area contributed by atoms with Crippen LogP contribution in [-0.2, 0) is 4.79 Å². The number of amides is 1. The molecule has 1 aromatic carbocycles. The number of carbonyl (C=O) groups excluding carboxylic acids is 1. The van der Waals surface area contributed by atoms with Crippen LogP contribution >= 0.6 is 11.6 Å². The molecule has 0 aliphatic rings. The molecule has 1 amide bonds. The highest BCUT2D eigenvalue weighted by molar-refractivity contribution is 6.30. The van der Waals surface area contributed by atoms with Gasteiger partial charge < -0.3 is 14.7 Å². The summed E-state index contributed by atoms with van der Waals surface area (Å²) in [7, 11) is 3.33. The van der Waals surface area contributed by atoms with Crippen LogP contribution in [0, 0.1) is 0 Å². The van der Waals surface area contributed by atoms with Crippen molar-refractivity contribution in [1.82, 2.24) is 4.90 Å². The average molecular weight is 272 g/mol. The maximum atomic E-state index is 11.7. The van der Waals surface area contributed by atoms with Crippen molar-refractivity contribution in [2.24, 2.45) is 0 Å². The predicted octanol–water partition coefficient (Wildman–Crippen LogP) is 2.25. The van der Waals surface area contributed by atoms with Crippen molar-refractivity contribution >= 4 is 17.5 Å². The molecule has 1 rings (SSSR count). The quantitative estimate of drug-likeness (QED) is 0.914. The molecule has 0 bridgehead atoms. The number of hydrogen-bond acceptors (Lipinski definition) is 3. The van der Waals surface area contributed by atoms with Gasteiger partial charge in [-0.05, 0) is 32.0 Å². The Morgan fingerprint density at radius 2 is 2.00 bits per heavy atom. The molecule has 0 fully saturated rings. The van der Waals surface area contributed by atoms with Gasteiger partial charge in [-0.2, -0.15) is 0 Å². The first-order valence-electron chi connectivity index (χ1n) is 5.68. The maximum absolute atomic E-state index is 11.7. The molecule has 0 spiro atoms. The highest BCUT2D eigenvalue weighted by Gasteiger charge is 2.19. The molecule has 0 saturated carbocycles. The zero-order chi connectivity index (χ0) is 13.9. The van der Waals surface area contributed by atoms with Crippen molar-refractivity contribution in [2.75, 3.05) is 14.1 Å². The number of benzene rings is 1. The van der Waals surface area contributed by atoms with Gasteiger partial charge in [0.05, 0.1) is 6.10 Å². The van der Waals surface area contributed by atoms with E-state index >= 15 is 0 Å². The molecule has 1 unspecified atom stereocenters. The van der Waals surface area contributed by atoms with Crippen LogP contribution in [0.3, 0.4) is 0 Å². The molecule has 100 valence electrons. The smallest absolute Gasteiger partial charge is 0.262 e. The van der Waals surface area contributed by atoms with Crippen molar-refractivity contribution in [3.8, 4) is 5.75 Å². The minimum atomic E-state index is -0.708. The Kier molecular flexibility index (Phi) is 4.99. The van der Waals surface area contributed by atoms with E-state index in [1.165, 1.54) is 4.90 Å². The number of aliphatic hydroxyl groups excluding tert-OH is 1. The van der Waals surface area contributed by atoms with E-state index in [0.717, 1.165) is 0 Å². The largest absolute Gasteiger partial charge is 0.481 e. The summed E-state index contributed by atoms with van der Waals surface area (Å²) in [5.41, 5.74) is 0.570. The zero-order valence-electron chi connectivity index (χ0n) is 11.0. The summed E-state index contributed by atoms with van der Waals surface area (Å²) in [5, 5.41) is 10.2. The fourth-order valence-corrected chi connectivity index (χ4v) is 1.74. The molecule has 0 radical (unpaired) electrons. The predicted molar refractivity (Wildman–Crippen MR) is 70.9 cm³/mol. The molecule has 0 heterocycles. The highest BCUT2D eigenvalue weighted by Crippen LogP contribution is 2.29. The monoisotopic (exact) mass is 271 g/mol. The van der Waals surface area contributed by atoms with Crippen LogP contribution in [0.25, 0.3) is 0 Å². The van der Waals surface area contributed by atoms with Crippen LogP contribution in [0.5, 0.6) is 5.75 Å². The Labute approximate surface area is 112 Å². The number of likely N-dealkylation sites (N-methyl/N-ethyl adjacent to an activating group) is 1. The van der Waals surface area contributed by atoms with Gasteiger partial charge >= 0.3 is 0 Å². The van der Waals surface area contributed by atoms with Gasteiger partial charge in [0.25, 0.3) is 5.91 Å². The first kappa shape index (κ1) is 14.8.